The molecule has 0 saturated carbocycles. The number of ether oxygens (including phenoxy) is 1. The lowest BCUT2D eigenvalue weighted by molar-refractivity contribution is -0.117. The molecule has 0 aromatic carbocycles. The zero-order chi connectivity index (χ0) is 7.98. The number of alkyl halides is 1. The van der Waals surface area contributed by atoms with Crippen molar-refractivity contribution in [2.75, 3.05) is 12.6 Å². The Hall–Kier alpha value is -0.970. The summed E-state index contributed by atoms with van der Waals surface area (Å²) in [6.07, 6.45) is -0.756. The molecule has 0 aliphatic rings. The number of halogens is 1. The zero-order valence-electron chi connectivity index (χ0n) is 5.09. The van der Waals surface area contributed by atoms with Gasteiger partial charge in [0.15, 0.2) is 6.07 Å². The summed E-state index contributed by atoms with van der Waals surface area (Å²) in [6, 6.07) is -0.245. The number of primary amides is 1. The third-order valence-electron chi connectivity index (χ3n) is 0.593. The molecule has 0 radical (unpaired) electrons. The fourth-order valence-electron chi connectivity index (χ4n) is 0.260. The SMILES string of the molecule is NC(=O)CNC(=O)OCCl. The maximum Gasteiger partial charge on any atom is 0.408 e. The number of hydrogen-bond donors (Lipinski definition) is 2. The molecular formula is C4H7ClN2O3. The summed E-state index contributed by atoms with van der Waals surface area (Å²) in [4.78, 5) is 20.3. The van der Waals surface area contributed by atoms with Crippen molar-refractivity contribution in [3.63, 3.8) is 0 Å². The molecule has 0 aliphatic heterocycles. The molecule has 0 saturated heterocycles. The number of nitrogens with two attached hydrogens (primary N) is 1. The molecule has 0 aromatic rings. The van der Waals surface area contributed by atoms with Crippen LogP contribution in [0.4, 0.5) is 4.79 Å². The minimum absolute atomic E-state index is 0.240. The number of alkyl carbamates (subject to hydrolysis) is 1. The fourth-order valence-corrected chi connectivity index (χ4v) is 0.359. The van der Waals surface area contributed by atoms with Gasteiger partial charge in [0.05, 0.1) is 6.54 Å². The highest BCUT2D eigenvalue weighted by Gasteiger charge is 2.00. The first-order valence-electron chi connectivity index (χ1n) is 2.41. The maximum absolute atomic E-state index is 10.3. The number of amides is 2. The van der Waals surface area contributed by atoms with E-state index in [2.05, 4.69) is 10.1 Å². The Balaban J connectivity index is 3.30. The van der Waals surface area contributed by atoms with Crippen molar-refractivity contribution in [3.8, 4) is 0 Å². The number of carbonyl (C=O) groups is 2. The van der Waals surface area contributed by atoms with Crippen LogP contribution in [0.1, 0.15) is 0 Å². The average Bonchev–Trinajstić information content (AvgIpc) is 1.85. The highest BCUT2D eigenvalue weighted by atomic mass is 35.5. The Kier molecular flexibility index (Phi) is 4.39. The Labute approximate surface area is 62.5 Å². The summed E-state index contributed by atoms with van der Waals surface area (Å²) in [5, 5.41) is 2.06. The lowest BCUT2D eigenvalue weighted by atomic mass is 10.6. The van der Waals surface area contributed by atoms with Gasteiger partial charge in [-0.1, -0.05) is 11.6 Å². The molecule has 0 bridgehead atoms. The third kappa shape index (κ3) is 5.17. The molecule has 0 heterocycles. The summed E-state index contributed by atoms with van der Waals surface area (Å²) in [6.45, 7) is -0.240. The maximum atomic E-state index is 10.3. The minimum atomic E-state index is -0.756. The number of hydrogen-bond acceptors (Lipinski definition) is 3. The zero-order valence-corrected chi connectivity index (χ0v) is 5.85. The third-order valence-corrected chi connectivity index (χ3v) is 0.702. The molecule has 6 heteroatoms. The van der Waals surface area contributed by atoms with Gasteiger partial charge in [0.1, 0.15) is 0 Å². The van der Waals surface area contributed by atoms with Crippen molar-refractivity contribution in [3.05, 3.63) is 0 Å². The van der Waals surface area contributed by atoms with E-state index in [1.807, 2.05) is 0 Å². The number of carbonyl (C=O) groups excluding carboxylic acids is 2. The average molecular weight is 167 g/mol. The van der Waals surface area contributed by atoms with Gasteiger partial charge in [-0.3, -0.25) is 4.79 Å². The van der Waals surface area contributed by atoms with E-state index < -0.39 is 12.0 Å². The first-order chi connectivity index (χ1) is 4.66. The minimum Gasteiger partial charge on any atom is -0.433 e. The second kappa shape index (κ2) is 4.87. The predicted molar refractivity (Wildman–Crippen MR) is 34.4 cm³/mol. The highest BCUT2D eigenvalue weighted by molar-refractivity contribution is 6.17. The number of rotatable bonds is 3. The van der Waals surface area contributed by atoms with Crippen LogP contribution in [0.5, 0.6) is 0 Å². The summed E-state index contributed by atoms with van der Waals surface area (Å²) in [5.74, 6) is -0.633. The van der Waals surface area contributed by atoms with E-state index >= 15 is 0 Å². The van der Waals surface area contributed by atoms with Gasteiger partial charge in [-0.2, -0.15) is 0 Å². The largest absolute Gasteiger partial charge is 0.433 e. The first-order valence-corrected chi connectivity index (χ1v) is 2.95. The molecule has 0 rings (SSSR count). The van der Waals surface area contributed by atoms with Crippen LogP contribution in [-0.4, -0.2) is 24.6 Å². The van der Waals surface area contributed by atoms with E-state index in [1.165, 1.54) is 0 Å². The van der Waals surface area contributed by atoms with Crippen molar-refractivity contribution in [1.82, 2.24) is 5.32 Å². The van der Waals surface area contributed by atoms with Crippen LogP contribution in [0.25, 0.3) is 0 Å². The van der Waals surface area contributed by atoms with Gasteiger partial charge in [-0.15, -0.1) is 0 Å². The van der Waals surface area contributed by atoms with Crippen LogP contribution < -0.4 is 11.1 Å². The van der Waals surface area contributed by atoms with Crippen molar-refractivity contribution >= 4 is 23.6 Å². The summed E-state index contributed by atoms with van der Waals surface area (Å²) < 4.78 is 4.20. The van der Waals surface area contributed by atoms with E-state index in [4.69, 9.17) is 17.3 Å². The van der Waals surface area contributed by atoms with E-state index in [9.17, 15) is 9.59 Å². The molecule has 5 nitrogen and oxygen atoms in total. The van der Waals surface area contributed by atoms with Gasteiger partial charge in [0, 0.05) is 0 Å². The summed E-state index contributed by atoms with van der Waals surface area (Å²) >= 11 is 5.01. The summed E-state index contributed by atoms with van der Waals surface area (Å²) in [5.41, 5.74) is 4.69. The molecule has 0 aliphatic carbocycles. The Morgan fingerprint density at radius 2 is 2.20 bits per heavy atom. The Bertz CT molecular complexity index is 138. The molecule has 0 fully saturated rings. The molecule has 0 spiro atoms. The van der Waals surface area contributed by atoms with Gasteiger partial charge < -0.3 is 15.8 Å². The van der Waals surface area contributed by atoms with Gasteiger partial charge in [0.2, 0.25) is 5.91 Å². The Morgan fingerprint density at radius 1 is 1.60 bits per heavy atom. The number of nitrogens with one attached hydrogen (secondary N) is 1. The quantitative estimate of drug-likeness (QED) is 0.549. The smallest absolute Gasteiger partial charge is 0.408 e. The van der Waals surface area contributed by atoms with Crippen molar-refractivity contribution in [1.29, 1.82) is 0 Å². The predicted octanol–water partition coefficient (Wildman–Crippen LogP) is -0.606. The molecular weight excluding hydrogens is 160 g/mol. The van der Waals surface area contributed by atoms with Crippen LogP contribution in [0.3, 0.4) is 0 Å². The van der Waals surface area contributed by atoms with Crippen LogP contribution in [0.15, 0.2) is 0 Å². The van der Waals surface area contributed by atoms with Crippen LogP contribution >= 0.6 is 11.6 Å². The standard InChI is InChI=1S/C4H7ClN2O3/c5-2-10-4(9)7-1-3(6)8/h1-2H2,(H2,6,8)(H,7,9). The molecule has 0 atom stereocenters. The van der Waals surface area contributed by atoms with Crippen LogP contribution in [0.2, 0.25) is 0 Å². The molecule has 0 aromatic heterocycles. The summed E-state index contributed by atoms with van der Waals surface area (Å²) in [7, 11) is 0. The molecule has 3 N–H and O–H groups in total. The molecule has 10 heavy (non-hydrogen) atoms. The lowest BCUT2D eigenvalue weighted by Gasteiger charge is -1.99. The van der Waals surface area contributed by atoms with Gasteiger partial charge in [-0.05, 0) is 0 Å². The van der Waals surface area contributed by atoms with Gasteiger partial charge in [0.25, 0.3) is 0 Å². The molecule has 0 unspecified atom stereocenters. The topological polar surface area (TPSA) is 81.4 Å². The first kappa shape index (κ1) is 9.03. The highest BCUT2D eigenvalue weighted by Crippen LogP contribution is 1.79. The fraction of sp³-hybridized carbons (Fsp3) is 0.500. The van der Waals surface area contributed by atoms with Crippen molar-refractivity contribution in [2.45, 2.75) is 0 Å². The van der Waals surface area contributed by atoms with Crippen LogP contribution in [-0.2, 0) is 9.53 Å². The molecule has 58 valence electrons. The van der Waals surface area contributed by atoms with Gasteiger partial charge >= 0.3 is 6.09 Å². The van der Waals surface area contributed by atoms with Gasteiger partial charge in [-0.25, -0.2) is 4.79 Å². The van der Waals surface area contributed by atoms with E-state index in [1.54, 1.807) is 0 Å². The van der Waals surface area contributed by atoms with Crippen molar-refractivity contribution in [2.24, 2.45) is 5.73 Å². The van der Waals surface area contributed by atoms with E-state index in [-0.39, 0.29) is 12.6 Å². The second-order valence-electron chi connectivity index (χ2n) is 1.36. The van der Waals surface area contributed by atoms with Crippen molar-refractivity contribution < 1.29 is 14.3 Å². The van der Waals surface area contributed by atoms with E-state index in [0.717, 1.165) is 0 Å². The molecule has 2 amide bonds. The normalized spacial score (nSPS) is 8.50. The van der Waals surface area contributed by atoms with E-state index in [0.29, 0.717) is 0 Å². The monoisotopic (exact) mass is 166 g/mol. The lowest BCUT2D eigenvalue weighted by Crippen LogP contribution is -2.33. The van der Waals surface area contributed by atoms with Crippen LogP contribution in [0, 0.1) is 0 Å². The second-order valence-corrected chi connectivity index (χ2v) is 1.58. The Morgan fingerprint density at radius 3 is 2.60 bits per heavy atom.